The number of rotatable bonds is 5. The molecule has 1 aromatic carbocycles. The molecule has 2 rings (SSSR count). The van der Waals surface area contributed by atoms with E-state index in [1.807, 2.05) is 18.2 Å². The number of carbonyl (C=O) groups excluding carboxylic acids is 1. The highest BCUT2D eigenvalue weighted by atomic mass is 16.3. The number of aliphatic hydroxyl groups is 1. The summed E-state index contributed by atoms with van der Waals surface area (Å²) in [5.41, 5.74) is 6.87. The van der Waals surface area contributed by atoms with Gasteiger partial charge in [0.25, 0.3) is 0 Å². The molecule has 2 atom stereocenters. The largest absolute Gasteiger partial charge is 0.396 e. The predicted octanol–water partition coefficient (Wildman–Crippen LogP) is 1.43. The third-order valence-corrected chi connectivity index (χ3v) is 3.98. The van der Waals surface area contributed by atoms with Crippen molar-refractivity contribution in [3.8, 4) is 0 Å². The monoisotopic (exact) mass is 262 g/mol. The summed E-state index contributed by atoms with van der Waals surface area (Å²) < 4.78 is 0. The summed E-state index contributed by atoms with van der Waals surface area (Å²) in [7, 11) is 0. The maximum atomic E-state index is 11.3. The van der Waals surface area contributed by atoms with Crippen LogP contribution < -0.4 is 11.1 Å². The van der Waals surface area contributed by atoms with Crippen LogP contribution in [0.2, 0.25) is 0 Å². The molecule has 0 saturated heterocycles. The number of hydrogen-bond acceptors (Lipinski definition) is 3. The minimum atomic E-state index is -0.389. The van der Waals surface area contributed by atoms with Gasteiger partial charge in [0.2, 0.25) is 5.91 Å². The lowest BCUT2D eigenvalue weighted by atomic mass is 9.85. The zero-order valence-corrected chi connectivity index (χ0v) is 11.1. The van der Waals surface area contributed by atoms with E-state index in [4.69, 9.17) is 5.73 Å². The number of nitrogens with two attached hydrogens (primary N) is 1. The van der Waals surface area contributed by atoms with E-state index in [9.17, 15) is 9.90 Å². The van der Waals surface area contributed by atoms with E-state index in [2.05, 4.69) is 5.32 Å². The molecule has 0 heterocycles. The van der Waals surface area contributed by atoms with Crippen molar-refractivity contribution in [3.05, 3.63) is 35.4 Å². The third-order valence-electron chi connectivity index (χ3n) is 3.98. The molecule has 0 spiro atoms. The Morgan fingerprint density at radius 1 is 1.32 bits per heavy atom. The van der Waals surface area contributed by atoms with Crippen molar-refractivity contribution < 1.29 is 9.90 Å². The Kier molecular flexibility index (Phi) is 4.93. The van der Waals surface area contributed by atoms with Gasteiger partial charge in [0.05, 0.1) is 0 Å². The lowest BCUT2D eigenvalue weighted by Crippen LogP contribution is -2.40. The Morgan fingerprint density at radius 3 is 2.79 bits per heavy atom. The quantitative estimate of drug-likeness (QED) is 0.751. The van der Waals surface area contributed by atoms with E-state index in [1.165, 1.54) is 12.8 Å². The van der Waals surface area contributed by atoms with Crippen LogP contribution in [0, 0.1) is 5.92 Å². The second-order valence-corrected chi connectivity index (χ2v) is 5.24. The maximum absolute atomic E-state index is 11.3. The number of hydrogen-bond donors (Lipinski definition) is 3. The van der Waals surface area contributed by atoms with E-state index in [1.54, 1.807) is 6.07 Å². The molecular formula is C15H22N2O2. The first kappa shape index (κ1) is 14.0. The molecule has 1 fully saturated rings. The topological polar surface area (TPSA) is 75.4 Å². The molecule has 4 heteroatoms. The average molecular weight is 262 g/mol. The fourth-order valence-corrected chi connectivity index (χ4v) is 2.85. The van der Waals surface area contributed by atoms with Crippen molar-refractivity contribution in [2.45, 2.75) is 38.3 Å². The van der Waals surface area contributed by atoms with Crippen LogP contribution >= 0.6 is 0 Å². The molecule has 0 aliphatic heterocycles. The maximum Gasteiger partial charge on any atom is 0.249 e. The number of benzene rings is 1. The molecule has 2 unspecified atom stereocenters. The SMILES string of the molecule is NC(=O)c1ccccc1CNC1CCCCC1CO. The van der Waals surface area contributed by atoms with Gasteiger partial charge in [-0.25, -0.2) is 0 Å². The number of aliphatic hydroxyl groups excluding tert-OH is 1. The van der Waals surface area contributed by atoms with Gasteiger partial charge >= 0.3 is 0 Å². The summed E-state index contributed by atoms with van der Waals surface area (Å²) in [6.07, 6.45) is 4.56. The van der Waals surface area contributed by atoms with Gasteiger partial charge in [0, 0.05) is 24.8 Å². The molecule has 1 aliphatic rings. The fraction of sp³-hybridized carbons (Fsp3) is 0.533. The van der Waals surface area contributed by atoms with Crippen LogP contribution in [-0.4, -0.2) is 23.7 Å². The van der Waals surface area contributed by atoms with E-state index < -0.39 is 0 Å². The molecule has 104 valence electrons. The Labute approximate surface area is 114 Å². The van der Waals surface area contributed by atoms with Crippen molar-refractivity contribution in [1.29, 1.82) is 0 Å². The Hall–Kier alpha value is -1.39. The van der Waals surface area contributed by atoms with Gasteiger partial charge in [-0.3, -0.25) is 4.79 Å². The van der Waals surface area contributed by atoms with Crippen molar-refractivity contribution in [3.63, 3.8) is 0 Å². The van der Waals surface area contributed by atoms with Crippen molar-refractivity contribution >= 4 is 5.91 Å². The predicted molar refractivity (Wildman–Crippen MR) is 74.6 cm³/mol. The van der Waals surface area contributed by atoms with Gasteiger partial charge < -0.3 is 16.2 Å². The number of nitrogens with one attached hydrogen (secondary N) is 1. The average Bonchev–Trinajstić information content (AvgIpc) is 2.45. The zero-order valence-electron chi connectivity index (χ0n) is 11.1. The standard InChI is InChI=1S/C15H22N2O2/c16-15(19)13-7-3-1-5-11(13)9-17-14-8-4-2-6-12(14)10-18/h1,3,5,7,12,14,17-18H,2,4,6,8-10H2,(H2,16,19). The second kappa shape index (κ2) is 6.68. The van der Waals surface area contributed by atoms with E-state index in [0.717, 1.165) is 18.4 Å². The molecule has 1 saturated carbocycles. The summed E-state index contributed by atoms with van der Waals surface area (Å²) in [6.45, 7) is 0.857. The summed E-state index contributed by atoms with van der Waals surface area (Å²) in [6, 6.07) is 7.74. The molecule has 1 amide bonds. The highest BCUT2D eigenvalue weighted by molar-refractivity contribution is 5.94. The number of amides is 1. The highest BCUT2D eigenvalue weighted by Crippen LogP contribution is 2.24. The van der Waals surface area contributed by atoms with Crippen LogP contribution in [0.4, 0.5) is 0 Å². The first-order valence-electron chi connectivity index (χ1n) is 6.94. The lowest BCUT2D eigenvalue weighted by Gasteiger charge is -2.31. The van der Waals surface area contributed by atoms with Crippen LogP contribution in [0.25, 0.3) is 0 Å². The van der Waals surface area contributed by atoms with Gasteiger partial charge in [-0.15, -0.1) is 0 Å². The van der Waals surface area contributed by atoms with Gasteiger partial charge in [0.15, 0.2) is 0 Å². The first-order chi connectivity index (χ1) is 9.22. The molecular weight excluding hydrogens is 240 g/mol. The minimum Gasteiger partial charge on any atom is -0.396 e. The van der Waals surface area contributed by atoms with Crippen LogP contribution in [0.15, 0.2) is 24.3 Å². The smallest absolute Gasteiger partial charge is 0.249 e. The summed E-state index contributed by atoms with van der Waals surface area (Å²) in [5.74, 6) is -0.0609. The summed E-state index contributed by atoms with van der Waals surface area (Å²) in [4.78, 5) is 11.3. The van der Waals surface area contributed by atoms with E-state index in [0.29, 0.717) is 24.1 Å². The molecule has 0 bridgehead atoms. The third kappa shape index (κ3) is 3.55. The molecule has 1 aliphatic carbocycles. The van der Waals surface area contributed by atoms with Crippen LogP contribution in [0.1, 0.15) is 41.6 Å². The van der Waals surface area contributed by atoms with Crippen molar-refractivity contribution in [2.24, 2.45) is 11.7 Å². The lowest BCUT2D eigenvalue weighted by molar-refractivity contribution is 0.0998. The van der Waals surface area contributed by atoms with E-state index >= 15 is 0 Å². The minimum absolute atomic E-state index is 0.231. The highest BCUT2D eigenvalue weighted by Gasteiger charge is 2.24. The zero-order chi connectivity index (χ0) is 13.7. The molecule has 0 aromatic heterocycles. The Bertz CT molecular complexity index is 434. The van der Waals surface area contributed by atoms with E-state index in [-0.39, 0.29) is 12.5 Å². The van der Waals surface area contributed by atoms with Gasteiger partial charge in [0.1, 0.15) is 0 Å². The normalized spacial score (nSPS) is 23.2. The van der Waals surface area contributed by atoms with Crippen molar-refractivity contribution in [1.82, 2.24) is 5.32 Å². The van der Waals surface area contributed by atoms with Crippen LogP contribution in [0.5, 0.6) is 0 Å². The van der Waals surface area contributed by atoms with Crippen molar-refractivity contribution in [2.75, 3.05) is 6.61 Å². The molecule has 4 nitrogen and oxygen atoms in total. The van der Waals surface area contributed by atoms with Gasteiger partial charge in [-0.2, -0.15) is 0 Å². The van der Waals surface area contributed by atoms with Crippen LogP contribution in [0.3, 0.4) is 0 Å². The summed E-state index contributed by atoms with van der Waals surface area (Å²) in [5, 5.41) is 12.9. The second-order valence-electron chi connectivity index (χ2n) is 5.24. The first-order valence-corrected chi connectivity index (χ1v) is 6.94. The number of primary amides is 1. The van der Waals surface area contributed by atoms with Crippen LogP contribution in [-0.2, 0) is 6.54 Å². The van der Waals surface area contributed by atoms with Gasteiger partial charge in [-0.1, -0.05) is 31.0 Å². The Morgan fingerprint density at radius 2 is 2.05 bits per heavy atom. The molecule has 1 aromatic rings. The number of carbonyl (C=O) groups is 1. The molecule has 4 N–H and O–H groups in total. The fourth-order valence-electron chi connectivity index (χ4n) is 2.85. The molecule has 19 heavy (non-hydrogen) atoms. The Balaban J connectivity index is 2.00. The van der Waals surface area contributed by atoms with Gasteiger partial charge in [-0.05, 0) is 30.4 Å². The molecule has 0 radical (unpaired) electrons. The summed E-state index contributed by atoms with van der Waals surface area (Å²) >= 11 is 0.